The summed E-state index contributed by atoms with van der Waals surface area (Å²) in [5.74, 6) is -0.448. The molecule has 0 aliphatic carbocycles. The number of carbonyl (C=O) groups excluding carboxylic acids is 1. The van der Waals surface area contributed by atoms with Crippen LogP contribution in [0.4, 0.5) is 0 Å². The highest BCUT2D eigenvalue weighted by Crippen LogP contribution is 2.14. The summed E-state index contributed by atoms with van der Waals surface area (Å²) in [5, 5.41) is 9.42. The first-order chi connectivity index (χ1) is 12.9. The lowest BCUT2D eigenvalue weighted by molar-refractivity contribution is 0.0949. The molecule has 3 rings (SSSR count). The van der Waals surface area contributed by atoms with Crippen LogP contribution in [0.15, 0.2) is 52.4 Å². The summed E-state index contributed by atoms with van der Waals surface area (Å²) in [6.45, 7) is 8.12. The number of amides is 1. The third kappa shape index (κ3) is 3.65. The number of aromatic nitrogens is 2. The Kier molecular flexibility index (Phi) is 5.16. The summed E-state index contributed by atoms with van der Waals surface area (Å²) < 4.78 is 1.29. The standard InChI is InChI=1S/C21H22N4O2/c1-5-25-21(27)18-9-7-6-8-17(18)19(24-25)20(26)23-22-15(4)16-11-10-13(2)14(3)12-16/h6-12H,5H2,1-4H3,(H,23,26)/b22-15-. The third-order valence-corrected chi connectivity index (χ3v) is 4.63. The van der Waals surface area contributed by atoms with Crippen molar-refractivity contribution in [1.82, 2.24) is 15.2 Å². The van der Waals surface area contributed by atoms with Gasteiger partial charge in [-0.25, -0.2) is 10.1 Å². The van der Waals surface area contributed by atoms with Gasteiger partial charge in [-0.15, -0.1) is 0 Å². The van der Waals surface area contributed by atoms with Gasteiger partial charge in [-0.05, 0) is 56.5 Å². The van der Waals surface area contributed by atoms with Crippen molar-refractivity contribution in [3.8, 4) is 0 Å². The number of carbonyl (C=O) groups is 1. The van der Waals surface area contributed by atoms with Crippen molar-refractivity contribution in [2.45, 2.75) is 34.2 Å². The van der Waals surface area contributed by atoms with Gasteiger partial charge in [0.2, 0.25) is 0 Å². The van der Waals surface area contributed by atoms with Crippen LogP contribution in [0.2, 0.25) is 0 Å². The summed E-state index contributed by atoms with van der Waals surface area (Å²) in [6, 6.07) is 13.0. The van der Waals surface area contributed by atoms with E-state index in [4.69, 9.17) is 0 Å². The summed E-state index contributed by atoms with van der Waals surface area (Å²) in [4.78, 5) is 25.1. The van der Waals surface area contributed by atoms with Crippen LogP contribution < -0.4 is 11.0 Å². The molecule has 0 aliphatic rings. The molecule has 6 heteroatoms. The maximum absolute atomic E-state index is 12.7. The predicted molar refractivity (Wildman–Crippen MR) is 107 cm³/mol. The van der Waals surface area contributed by atoms with E-state index in [1.165, 1.54) is 10.2 Å². The average Bonchev–Trinajstić information content (AvgIpc) is 2.68. The normalized spacial score (nSPS) is 11.6. The number of hydrogen-bond acceptors (Lipinski definition) is 4. The molecule has 1 aromatic heterocycles. The molecule has 0 bridgehead atoms. The van der Waals surface area contributed by atoms with Crippen LogP contribution in [0.3, 0.4) is 0 Å². The Morgan fingerprint density at radius 2 is 1.81 bits per heavy atom. The first kappa shape index (κ1) is 18.5. The highest BCUT2D eigenvalue weighted by atomic mass is 16.2. The second-order valence-corrected chi connectivity index (χ2v) is 6.45. The van der Waals surface area contributed by atoms with E-state index in [0.717, 1.165) is 11.1 Å². The Morgan fingerprint density at radius 1 is 1.11 bits per heavy atom. The van der Waals surface area contributed by atoms with Gasteiger partial charge in [-0.1, -0.05) is 30.3 Å². The van der Waals surface area contributed by atoms with E-state index in [0.29, 0.717) is 23.0 Å². The lowest BCUT2D eigenvalue weighted by Crippen LogP contribution is -2.28. The minimum absolute atomic E-state index is 0.184. The fraction of sp³-hybridized carbons (Fsp3) is 0.238. The van der Waals surface area contributed by atoms with Crippen molar-refractivity contribution < 1.29 is 4.79 Å². The van der Waals surface area contributed by atoms with Crippen molar-refractivity contribution in [3.63, 3.8) is 0 Å². The van der Waals surface area contributed by atoms with E-state index >= 15 is 0 Å². The number of fused-ring (bicyclic) bond motifs is 1. The van der Waals surface area contributed by atoms with Crippen LogP contribution in [0.5, 0.6) is 0 Å². The smallest absolute Gasteiger partial charge is 0.267 e. The highest BCUT2D eigenvalue weighted by Gasteiger charge is 2.16. The average molecular weight is 362 g/mol. The minimum Gasteiger partial charge on any atom is -0.267 e. The monoisotopic (exact) mass is 362 g/mol. The van der Waals surface area contributed by atoms with Crippen LogP contribution >= 0.6 is 0 Å². The molecule has 6 nitrogen and oxygen atoms in total. The van der Waals surface area contributed by atoms with Gasteiger partial charge in [0.05, 0.1) is 11.1 Å². The van der Waals surface area contributed by atoms with Crippen LogP contribution in [0.1, 0.15) is 41.0 Å². The molecule has 0 spiro atoms. The Bertz CT molecular complexity index is 1110. The molecule has 0 unspecified atom stereocenters. The summed E-state index contributed by atoms with van der Waals surface area (Å²) >= 11 is 0. The Labute approximate surface area is 157 Å². The molecule has 3 aromatic rings. The molecule has 2 aromatic carbocycles. The van der Waals surface area contributed by atoms with Gasteiger partial charge in [0.1, 0.15) is 0 Å². The molecular weight excluding hydrogens is 340 g/mol. The van der Waals surface area contributed by atoms with Crippen LogP contribution in [-0.2, 0) is 6.54 Å². The number of nitrogens with zero attached hydrogens (tertiary/aromatic N) is 3. The zero-order chi connectivity index (χ0) is 19.6. The second kappa shape index (κ2) is 7.53. The van der Waals surface area contributed by atoms with E-state index in [2.05, 4.69) is 15.6 Å². The Hall–Kier alpha value is -3.28. The molecule has 27 heavy (non-hydrogen) atoms. The van der Waals surface area contributed by atoms with Crippen molar-refractivity contribution in [2.24, 2.45) is 5.10 Å². The Balaban J connectivity index is 1.95. The number of aryl methyl sites for hydroxylation is 3. The molecule has 138 valence electrons. The third-order valence-electron chi connectivity index (χ3n) is 4.63. The highest BCUT2D eigenvalue weighted by molar-refractivity contribution is 6.06. The number of benzene rings is 2. The van der Waals surface area contributed by atoms with Crippen LogP contribution in [0.25, 0.3) is 10.8 Å². The molecule has 1 N–H and O–H groups in total. The van der Waals surface area contributed by atoms with E-state index in [9.17, 15) is 9.59 Å². The van der Waals surface area contributed by atoms with Crippen LogP contribution in [-0.4, -0.2) is 21.4 Å². The predicted octanol–water partition coefficient (Wildman–Crippen LogP) is 3.19. The topological polar surface area (TPSA) is 76.3 Å². The first-order valence-corrected chi connectivity index (χ1v) is 8.84. The molecule has 0 radical (unpaired) electrons. The van der Waals surface area contributed by atoms with Crippen molar-refractivity contribution in [3.05, 3.63) is 75.2 Å². The maximum atomic E-state index is 12.7. The zero-order valence-corrected chi connectivity index (χ0v) is 15.9. The fourth-order valence-corrected chi connectivity index (χ4v) is 2.84. The number of hydrazone groups is 1. The summed E-state index contributed by atoms with van der Waals surface area (Å²) in [6.07, 6.45) is 0. The molecule has 1 amide bonds. The lowest BCUT2D eigenvalue weighted by Gasteiger charge is -2.09. The molecule has 0 saturated carbocycles. The van der Waals surface area contributed by atoms with Gasteiger partial charge >= 0.3 is 0 Å². The molecule has 0 fully saturated rings. The SMILES string of the molecule is CCn1nc(C(=O)N/N=C(/C)c2ccc(C)c(C)c2)c2ccccc2c1=O. The van der Waals surface area contributed by atoms with Gasteiger partial charge < -0.3 is 0 Å². The van der Waals surface area contributed by atoms with Gasteiger partial charge in [-0.2, -0.15) is 10.2 Å². The largest absolute Gasteiger partial charge is 0.292 e. The summed E-state index contributed by atoms with van der Waals surface area (Å²) in [5.41, 5.74) is 6.54. The molecule has 0 saturated heterocycles. The number of nitrogens with one attached hydrogen (secondary N) is 1. The van der Waals surface area contributed by atoms with Gasteiger partial charge in [-0.3, -0.25) is 9.59 Å². The number of hydrogen-bond donors (Lipinski definition) is 1. The van der Waals surface area contributed by atoms with Gasteiger partial charge in [0, 0.05) is 11.9 Å². The summed E-state index contributed by atoms with van der Waals surface area (Å²) in [7, 11) is 0. The van der Waals surface area contributed by atoms with Crippen LogP contribution in [0, 0.1) is 13.8 Å². The van der Waals surface area contributed by atoms with E-state index in [-0.39, 0.29) is 11.3 Å². The van der Waals surface area contributed by atoms with Crippen molar-refractivity contribution >= 4 is 22.4 Å². The van der Waals surface area contributed by atoms with E-state index in [1.54, 1.807) is 24.3 Å². The Morgan fingerprint density at radius 3 is 2.48 bits per heavy atom. The van der Waals surface area contributed by atoms with Crippen molar-refractivity contribution in [2.75, 3.05) is 0 Å². The zero-order valence-electron chi connectivity index (χ0n) is 15.9. The minimum atomic E-state index is -0.448. The van der Waals surface area contributed by atoms with E-state index in [1.807, 2.05) is 45.9 Å². The number of rotatable bonds is 4. The fourth-order valence-electron chi connectivity index (χ4n) is 2.84. The first-order valence-electron chi connectivity index (χ1n) is 8.84. The molecule has 0 atom stereocenters. The molecular formula is C21H22N4O2. The van der Waals surface area contributed by atoms with Gasteiger partial charge in [0.25, 0.3) is 11.5 Å². The second-order valence-electron chi connectivity index (χ2n) is 6.45. The quantitative estimate of drug-likeness (QED) is 0.572. The van der Waals surface area contributed by atoms with Crippen molar-refractivity contribution in [1.29, 1.82) is 0 Å². The maximum Gasteiger partial charge on any atom is 0.292 e. The van der Waals surface area contributed by atoms with Gasteiger partial charge in [0.15, 0.2) is 5.69 Å². The van der Waals surface area contributed by atoms with E-state index < -0.39 is 5.91 Å². The lowest BCUT2D eigenvalue weighted by atomic mass is 10.0. The molecule has 0 aliphatic heterocycles. The molecule has 1 heterocycles.